The summed E-state index contributed by atoms with van der Waals surface area (Å²) in [6.07, 6.45) is -0.511. The molecule has 0 aliphatic rings. The lowest BCUT2D eigenvalue weighted by atomic mass is 10.0. The van der Waals surface area contributed by atoms with E-state index in [1.165, 1.54) is 5.56 Å². The molecule has 0 saturated carbocycles. The fourth-order valence-electron chi connectivity index (χ4n) is 2.40. The normalized spacial score (nSPS) is 13.9. The van der Waals surface area contributed by atoms with Gasteiger partial charge in [0.05, 0.1) is 11.7 Å². The van der Waals surface area contributed by atoms with Crippen LogP contribution in [0.3, 0.4) is 0 Å². The standard InChI is InChI=1S/C16H27NO2/c1-6-17(11-16(4,5)19)10-15(18)14-8-7-12(2)9-13(14)3/h7-9,15,18-19H,6,10-11H2,1-5H3. The number of hydrogen-bond donors (Lipinski definition) is 2. The van der Waals surface area contributed by atoms with Crippen LogP contribution in [0, 0.1) is 13.8 Å². The van der Waals surface area contributed by atoms with Crippen LogP contribution in [0.5, 0.6) is 0 Å². The lowest BCUT2D eigenvalue weighted by molar-refractivity contribution is 0.0202. The maximum absolute atomic E-state index is 10.4. The Hall–Kier alpha value is -0.900. The largest absolute Gasteiger partial charge is 0.389 e. The summed E-state index contributed by atoms with van der Waals surface area (Å²) in [4.78, 5) is 2.07. The highest BCUT2D eigenvalue weighted by atomic mass is 16.3. The average Bonchev–Trinajstić information content (AvgIpc) is 2.25. The van der Waals surface area contributed by atoms with E-state index in [0.29, 0.717) is 13.1 Å². The van der Waals surface area contributed by atoms with Crippen molar-refractivity contribution >= 4 is 0 Å². The fraction of sp³-hybridized carbons (Fsp3) is 0.625. The molecular weight excluding hydrogens is 238 g/mol. The van der Waals surface area contributed by atoms with Gasteiger partial charge in [0.1, 0.15) is 0 Å². The van der Waals surface area contributed by atoms with Gasteiger partial charge in [-0.15, -0.1) is 0 Å². The lowest BCUT2D eigenvalue weighted by Crippen LogP contribution is -2.40. The summed E-state index contributed by atoms with van der Waals surface area (Å²) in [6, 6.07) is 6.11. The molecule has 0 radical (unpaired) electrons. The maximum atomic E-state index is 10.4. The van der Waals surface area contributed by atoms with Crippen LogP contribution in [-0.4, -0.2) is 40.3 Å². The van der Waals surface area contributed by atoms with Crippen LogP contribution in [0.25, 0.3) is 0 Å². The summed E-state index contributed by atoms with van der Waals surface area (Å²) in [5.41, 5.74) is 2.56. The second-order valence-electron chi connectivity index (χ2n) is 6.02. The lowest BCUT2D eigenvalue weighted by Gasteiger charge is -2.30. The van der Waals surface area contributed by atoms with E-state index >= 15 is 0 Å². The van der Waals surface area contributed by atoms with Gasteiger partial charge in [-0.2, -0.15) is 0 Å². The number of likely N-dealkylation sites (N-methyl/N-ethyl adjacent to an activating group) is 1. The molecule has 0 fully saturated rings. The summed E-state index contributed by atoms with van der Waals surface area (Å²) in [5, 5.41) is 20.2. The van der Waals surface area contributed by atoms with Crippen molar-refractivity contribution in [3.05, 3.63) is 34.9 Å². The van der Waals surface area contributed by atoms with E-state index in [0.717, 1.165) is 17.7 Å². The third-order valence-corrected chi connectivity index (χ3v) is 3.27. The van der Waals surface area contributed by atoms with E-state index < -0.39 is 11.7 Å². The molecule has 0 aliphatic carbocycles. The van der Waals surface area contributed by atoms with E-state index in [2.05, 4.69) is 17.9 Å². The van der Waals surface area contributed by atoms with Crippen LogP contribution >= 0.6 is 0 Å². The Bertz CT molecular complexity index is 410. The van der Waals surface area contributed by atoms with E-state index in [1.807, 2.05) is 26.0 Å². The summed E-state index contributed by atoms with van der Waals surface area (Å²) < 4.78 is 0. The highest BCUT2D eigenvalue weighted by molar-refractivity contribution is 5.32. The zero-order valence-electron chi connectivity index (χ0n) is 12.8. The molecule has 3 nitrogen and oxygen atoms in total. The molecular formula is C16H27NO2. The van der Waals surface area contributed by atoms with Crippen molar-refractivity contribution in [2.75, 3.05) is 19.6 Å². The van der Waals surface area contributed by atoms with Crippen molar-refractivity contribution in [2.24, 2.45) is 0 Å². The number of hydrogen-bond acceptors (Lipinski definition) is 3. The van der Waals surface area contributed by atoms with E-state index in [1.54, 1.807) is 13.8 Å². The molecule has 0 bridgehead atoms. The third kappa shape index (κ3) is 5.31. The van der Waals surface area contributed by atoms with Crippen molar-refractivity contribution in [3.8, 4) is 0 Å². The number of nitrogens with zero attached hydrogens (tertiary/aromatic N) is 1. The minimum atomic E-state index is -0.738. The molecule has 1 aromatic carbocycles. The topological polar surface area (TPSA) is 43.7 Å². The first kappa shape index (κ1) is 16.2. The molecule has 0 aliphatic heterocycles. The summed E-state index contributed by atoms with van der Waals surface area (Å²) in [6.45, 7) is 11.6. The van der Waals surface area contributed by atoms with Crippen LogP contribution in [0.2, 0.25) is 0 Å². The molecule has 0 saturated heterocycles. The molecule has 0 heterocycles. The summed E-state index contributed by atoms with van der Waals surface area (Å²) >= 11 is 0. The highest BCUT2D eigenvalue weighted by Crippen LogP contribution is 2.20. The Kier molecular flexibility index (Phi) is 5.53. The minimum Gasteiger partial charge on any atom is -0.389 e. The molecule has 0 amide bonds. The minimum absolute atomic E-state index is 0.511. The van der Waals surface area contributed by atoms with Gasteiger partial charge in [0.25, 0.3) is 0 Å². The fourth-order valence-corrected chi connectivity index (χ4v) is 2.40. The Morgan fingerprint density at radius 2 is 1.89 bits per heavy atom. The zero-order chi connectivity index (χ0) is 14.6. The summed E-state index contributed by atoms with van der Waals surface area (Å²) in [7, 11) is 0. The molecule has 2 N–H and O–H groups in total. The second-order valence-corrected chi connectivity index (χ2v) is 6.02. The highest BCUT2D eigenvalue weighted by Gasteiger charge is 2.20. The van der Waals surface area contributed by atoms with Crippen molar-refractivity contribution in [2.45, 2.75) is 46.3 Å². The van der Waals surface area contributed by atoms with Gasteiger partial charge in [0.15, 0.2) is 0 Å². The van der Waals surface area contributed by atoms with Gasteiger partial charge in [-0.25, -0.2) is 0 Å². The number of benzene rings is 1. The van der Waals surface area contributed by atoms with E-state index in [-0.39, 0.29) is 0 Å². The van der Waals surface area contributed by atoms with Gasteiger partial charge in [-0.1, -0.05) is 30.7 Å². The monoisotopic (exact) mass is 265 g/mol. The van der Waals surface area contributed by atoms with Crippen LogP contribution < -0.4 is 0 Å². The average molecular weight is 265 g/mol. The molecule has 1 unspecified atom stereocenters. The van der Waals surface area contributed by atoms with Gasteiger partial charge < -0.3 is 10.2 Å². The molecule has 0 aromatic heterocycles. The predicted octanol–water partition coefficient (Wildman–Crippen LogP) is 2.43. The first-order valence-corrected chi connectivity index (χ1v) is 6.93. The van der Waals surface area contributed by atoms with Crippen LogP contribution in [0.1, 0.15) is 43.6 Å². The van der Waals surface area contributed by atoms with Gasteiger partial charge in [-0.05, 0) is 45.4 Å². The molecule has 1 aromatic rings. The van der Waals surface area contributed by atoms with E-state index in [4.69, 9.17) is 0 Å². The first-order chi connectivity index (χ1) is 8.73. The number of aliphatic hydroxyl groups excluding tert-OH is 1. The number of rotatable bonds is 6. The van der Waals surface area contributed by atoms with Crippen molar-refractivity contribution in [3.63, 3.8) is 0 Å². The van der Waals surface area contributed by atoms with Gasteiger partial charge >= 0.3 is 0 Å². The molecule has 19 heavy (non-hydrogen) atoms. The maximum Gasteiger partial charge on any atom is 0.0919 e. The van der Waals surface area contributed by atoms with Crippen molar-refractivity contribution in [1.82, 2.24) is 4.90 Å². The van der Waals surface area contributed by atoms with Crippen LogP contribution in [-0.2, 0) is 0 Å². The Morgan fingerprint density at radius 3 is 2.37 bits per heavy atom. The molecule has 1 atom stereocenters. The number of aryl methyl sites for hydroxylation is 2. The number of aliphatic hydroxyl groups is 2. The molecule has 3 heteroatoms. The van der Waals surface area contributed by atoms with Gasteiger partial charge in [0, 0.05) is 13.1 Å². The Morgan fingerprint density at radius 1 is 1.26 bits per heavy atom. The predicted molar refractivity (Wildman–Crippen MR) is 79.3 cm³/mol. The second kappa shape index (κ2) is 6.51. The van der Waals surface area contributed by atoms with Crippen molar-refractivity contribution < 1.29 is 10.2 Å². The van der Waals surface area contributed by atoms with Gasteiger partial charge in [0.2, 0.25) is 0 Å². The van der Waals surface area contributed by atoms with Crippen molar-refractivity contribution in [1.29, 1.82) is 0 Å². The quantitative estimate of drug-likeness (QED) is 0.830. The van der Waals surface area contributed by atoms with Crippen LogP contribution in [0.15, 0.2) is 18.2 Å². The third-order valence-electron chi connectivity index (χ3n) is 3.27. The SMILES string of the molecule is CCN(CC(O)c1ccc(C)cc1C)CC(C)(C)O. The van der Waals surface area contributed by atoms with Gasteiger partial charge in [-0.3, -0.25) is 4.90 Å². The zero-order valence-corrected chi connectivity index (χ0v) is 12.8. The molecule has 108 valence electrons. The first-order valence-electron chi connectivity index (χ1n) is 6.93. The van der Waals surface area contributed by atoms with E-state index in [9.17, 15) is 10.2 Å². The Labute approximate surface area is 116 Å². The summed E-state index contributed by atoms with van der Waals surface area (Å²) in [5.74, 6) is 0. The molecule has 0 spiro atoms. The smallest absolute Gasteiger partial charge is 0.0919 e. The Balaban J connectivity index is 2.74. The van der Waals surface area contributed by atoms with Crippen LogP contribution in [0.4, 0.5) is 0 Å². The molecule has 1 rings (SSSR count).